The maximum absolute atomic E-state index is 11.6. The highest BCUT2D eigenvalue weighted by Gasteiger charge is 2.50. The number of hydrogen-bond acceptors (Lipinski definition) is 3. The van der Waals surface area contributed by atoms with Crippen molar-refractivity contribution in [3.8, 4) is 6.07 Å². The fourth-order valence-corrected chi connectivity index (χ4v) is 2.11. The van der Waals surface area contributed by atoms with Crippen LogP contribution in [0.3, 0.4) is 0 Å². The van der Waals surface area contributed by atoms with Gasteiger partial charge in [-0.05, 0) is 38.0 Å². The van der Waals surface area contributed by atoms with Gasteiger partial charge in [0.25, 0.3) is 0 Å². The largest absolute Gasteiger partial charge is 0.381 e. The van der Waals surface area contributed by atoms with E-state index in [0.717, 1.165) is 45.3 Å². The molecule has 0 bridgehead atoms. The zero-order valence-electron chi connectivity index (χ0n) is 9.50. The van der Waals surface area contributed by atoms with Crippen LogP contribution >= 0.6 is 0 Å². The molecule has 1 amide bonds. The van der Waals surface area contributed by atoms with E-state index in [2.05, 4.69) is 11.4 Å². The Morgan fingerprint density at radius 1 is 1.44 bits per heavy atom. The lowest BCUT2D eigenvalue weighted by atomic mass is 9.96. The molecule has 0 aromatic rings. The van der Waals surface area contributed by atoms with Gasteiger partial charge in [-0.3, -0.25) is 4.79 Å². The van der Waals surface area contributed by atoms with Crippen molar-refractivity contribution in [1.82, 2.24) is 5.32 Å². The average molecular weight is 222 g/mol. The molecule has 1 saturated heterocycles. The van der Waals surface area contributed by atoms with Gasteiger partial charge in [0, 0.05) is 19.8 Å². The van der Waals surface area contributed by atoms with Gasteiger partial charge in [0.2, 0.25) is 5.91 Å². The lowest BCUT2D eigenvalue weighted by Crippen LogP contribution is -2.33. The highest BCUT2D eigenvalue weighted by Crippen LogP contribution is 2.44. The van der Waals surface area contributed by atoms with E-state index in [1.54, 1.807) is 0 Å². The minimum Gasteiger partial charge on any atom is -0.381 e. The minimum absolute atomic E-state index is 0.0675. The summed E-state index contributed by atoms with van der Waals surface area (Å²) >= 11 is 0. The smallest absolute Gasteiger partial charge is 0.240 e. The van der Waals surface area contributed by atoms with Crippen molar-refractivity contribution in [3.05, 3.63) is 0 Å². The first-order chi connectivity index (χ1) is 7.77. The summed E-state index contributed by atoms with van der Waals surface area (Å²) in [5.74, 6) is 0.605. The minimum atomic E-state index is -0.671. The molecule has 2 aliphatic rings. The second-order valence-corrected chi connectivity index (χ2v) is 4.79. The number of nitrogens with one attached hydrogen (secondary N) is 1. The normalized spacial score (nSPS) is 23.4. The van der Waals surface area contributed by atoms with Crippen LogP contribution in [0, 0.1) is 22.7 Å². The highest BCUT2D eigenvalue weighted by atomic mass is 16.5. The third-order valence-corrected chi connectivity index (χ3v) is 3.58. The monoisotopic (exact) mass is 222 g/mol. The Labute approximate surface area is 96.0 Å². The second-order valence-electron chi connectivity index (χ2n) is 4.79. The number of nitrogens with zero attached hydrogens (tertiary/aromatic N) is 1. The maximum Gasteiger partial charge on any atom is 0.240 e. The van der Waals surface area contributed by atoms with E-state index in [4.69, 9.17) is 10.00 Å². The Morgan fingerprint density at radius 2 is 2.12 bits per heavy atom. The highest BCUT2D eigenvalue weighted by molar-refractivity contribution is 5.88. The van der Waals surface area contributed by atoms with Crippen LogP contribution in [0.25, 0.3) is 0 Å². The maximum atomic E-state index is 11.6. The first-order valence-corrected chi connectivity index (χ1v) is 6.04. The van der Waals surface area contributed by atoms with Crippen molar-refractivity contribution < 1.29 is 9.53 Å². The first kappa shape index (κ1) is 11.4. The number of nitriles is 1. The quantitative estimate of drug-likeness (QED) is 0.778. The molecule has 1 aliphatic heterocycles. The summed E-state index contributed by atoms with van der Waals surface area (Å²) in [6, 6.07) is 2.11. The van der Waals surface area contributed by atoms with Crippen LogP contribution in [0.1, 0.15) is 32.1 Å². The fourth-order valence-electron chi connectivity index (χ4n) is 2.11. The molecule has 88 valence electrons. The molecule has 0 aromatic carbocycles. The molecule has 4 heteroatoms. The number of hydrogen-bond donors (Lipinski definition) is 1. The van der Waals surface area contributed by atoms with E-state index in [0.29, 0.717) is 12.5 Å². The van der Waals surface area contributed by atoms with E-state index >= 15 is 0 Å². The second kappa shape index (κ2) is 4.84. The van der Waals surface area contributed by atoms with Gasteiger partial charge < -0.3 is 10.1 Å². The third kappa shape index (κ3) is 2.53. The topological polar surface area (TPSA) is 62.1 Å². The molecule has 1 N–H and O–H groups in total. The molecule has 0 radical (unpaired) electrons. The Balaban J connectivity index is 1.64. The van der Waals surface area contributed by atoms with Crippen LogP contribution in [0.2, 0.25) is 0 Å². The van der Waals surface area contributed by atoms with E-state index in [1.807, 2.05) is 0 Å². The molecular formula is C12H18N2O2. The molecule has 0 unspecified atom stereocenters. The van der Waals surface area contributed by atoms with Crippen LogP contribution in [-0.2, 0) is 9.53 Å². The standard InChI is InChI=1S/C12H18N2O2/c13-9-12(4-5-12)11(15)14-6-1-10-2-7-16-8-3-10/h10H,1-8H2,(H,14,15). The number of carbonyl (C=O) groups excluding carboxylic acids is 1. The zero-order chi connectivity index (χ0) is 11.4. The molecule has 4 nitrogen and oxygen atoms in total. The molecule has 1 aliphatic carbocycles. The number of carbonyl (C=O) groups is 1. The van der Waals surface area contributed by atoms with E-state index in [9.17, 15) is 4.79 Å². The van der Waals surface area contributed by atoms with Crippen molar-refractivity contribution in [2.75, 3.05) is 19.8 Å². The Kier molecular flexibility index (Phi) is 3.45. The van der Waals surface area contributed by atoms with Gasteiger partial charge in [0.05, 0.1) is 6.07 Å². The number of ether oxygens (including phenoxy) is 1. The van der Waals surface area contributed by atoms with Crippen molar-refractivity contribution in [2.24, 2.45) is 11.3 Å². The summed E-state index contributed by atoms with van der Waals surface area (Å²) in [7, 11) is 0. The SMILES string of the molecule is N#CC1(C(=O)NCCC2CCOCC2)CC1. The lowest BCUT2D eigenvalue weighted by molar-refractivity contribution is -0.124. The predicted octanol–water partition coefficient (Wildman–Crippen LogP) is 1.22. The van der Waals surface area contributed by atoms with Crippen LogP contribution < -0.4 is 5.32 Å². The van der Waals surface area contributed by atoms with Gasteiger partial charge in [-0.25, -0.2) is 0 Å². The van der Waals surface area contributed by atoms with E-state index < -0.39 is 5.41 Å². The summed E-state index contributed by atoms with van der Waals surface area (Å²) in [6.07, 6.45) is 4.66. The first-order valence-electron chi connectivity index (χ1n) is 6.04. The summed E-state index contributed by atoms with van der Waals surface area (Å²) in [6.45, 7) is 2.40. The average Bonchev–Trinajstić information content (AvgIpc) is 3.11. The number of rotatable bonds is 4. The molecule has 1 saturated carbocycles. The van der Waals surface area contributed by atoms with Gasteiger partial charge in [-0.2, -0.15) is 5.26 Å². The van der Waals surface area contributed by atoms with E-state index in [-0.39, 0.29) is 5.91 Å². The predicted molar refractivity (Wildman–Crippen MR) is 58.4 cm³/mol. The zero-order valence-corrected chi connectivity index (χ0v) is 9.50. The van der Waals surface area contributed by atoms with Crippen LogP contribution in [-0.4, -0.2) is 25.7 Å². The molecule has 2 rings (SSSR count). The van der Waals surface area contributed by atoms with Crippen molar-refractivity contribution in [1.29, 1.82) is 5.26 Å². The molecule has 0 spiro atoms. The molecular weight excluding hydrogens is 204 g/mol. The van der Waals surface area contributed by atoms with Gasteiger partial charge in [0.1, 0.15) is 5.41 Å². The van der Waals surface area contributed by atoms with Gasteiger partial charge >= 0.3 is 0 Å². The van der Waals surface area contributed by atoms with Crippen LogP contribution in [0.5, 0.6) is 0 Å². The van der Waals surface area contributed by atoms with Crippen LogP contribution in [0.4, 0.5) is 0 Å². The summed E-state index contributed by atoms with van der Waals surface area (Å²) in [5, 5.41) is 11.7. The molecule has 0 atom stereocenters. The Morgan fingerprint density at radius 3 is 2.69 bits per heavy atom. The van der Waals surface area contributed by atoms with Gasteiger partial charge in [-0.15, -0.1) is 0 Å². The molecule has 2 fully saturated rings. The molecule has 1 heterocycles. The van der Waals surface area contributed by atoms with Crippen LogP contribution in [0.15, 0.2) is 0 Å². The van der Waals surface area contributed by atoms with Crippen molar-refractivity contribution >= 4 is 5.91 Å². The Bertz CT molecular complexity index is 299. The fraction of sp³-hybridized carbons (Fsp3) is 0.833. The lowest BCUT2D eigenvalue weighted by Gasteiger charge is -2.22. The summed E-state index contributed by atoms with van der Waals surface area (Å²) < 4.78 is 5.28. The third-order valence-electron chi connectivity index (χ3n) is 3.58. The van der Waals surface area contributed by atoms with Gasteiger partial charge in [0.15, 0.2) is 0 Å². The summed E-state index contributed by atoms with van der Waals surface area (Å²) in [4.78, 5) is 11.6. The number of amides is 1. The Hall–Kier alpha value is -1.08. The molecule has 16 heavy (non-hydrogen) atoms. The van der Waals surface area contributed by atoms with Crippen molar-refractivity contribution in [3.63, 3.8) is 0 Å². The van der Waals surface area contributed by atoms with Crippen molar-refractivity contribution in [2.45, 2.75) is 32.1 Å². The van der Waals surface area contributed by atoms with Gasteiger partial charge in [-0.1, -0.05) is 0 Å². The summed E-state index contributed by atoms with van der Waals surface area (Å²) in [5.41, 5.74) is -0.671. The molecule has 0 aromatic heterocycles. The van der Waals surface area contributed by atoms with E-state index in [1.165, 1.54) is 0 Å².